The van der Waals surface area contributed by atoms with Crippen molar-refractivity contribution in [2.45, 2.75) is 25.6 Å². The van der Waals surface area contributed by atoms with Gasteiger partial charge in [0.05, 0.1) is 6.07 Å². The van der Waals surface area contributed by atoms with Gasteiger partial charge in [-0.25, -0.2) is 0 Å². The van der Waals surface area contributed by atoms with Crippen molar-refractivity contribution in [3.05, 3.63) is 0 Å². The van der Waals surface area contributed by atoms with Gasteiger partial charge < -0.3 is 9.47 Å². The molecule has 56 valence electrons. The van der Waals surface area contributed by atoms with Gasteiger partial charge in [0, 0.05) is 6.61 Å². The van der Waals surface area contributed by atoms with Crippen molar-refractivity contribution in [2.24, 2.45) is 0 Å². The second kappa shape index (κ2) is 4.26. The summed E-state index contributed by atoms with van der Waals surface area (Å²) >= 11 is 0. The van der Waals surface area contributed by atoms with Crippen molar-refractivity contribution >= 4 is 0 Å². The molecule has 0 aromatic heterocycles. The standard InChI is InChI=1S/C7H11NO2/c8-4-6-10-7-3-1-2-5-9-7/h7H,1-3,5-6H2/t7-/m1/s1. The lowest BCUT2D eigenvalue weighted by Gasteiger charge is -2.21. The Morgan fingerprint density at radius 3 is 3.10 bits per heavy atom. The van der Waals surface area contributed by atoms with Gasteiger partial charge in [0.1, 0.15) is 6.61 Å². The largest absolute Gasteiger partial charge is 0.353 e. The van der Waals surface area contributed by atoms with E-state index in [-0.39, 0.29) is 12.9 Å². The van der Waals surface area contributed by atoms with E-state index in [1.165, 1.54) is 0 Å². The highest BCUT2D eigenvalue weighted by atomic mass is 16.7. The first-order chi connectivity index (χ1) is 4.93. The number of rotatable bonds is 2. The second-order valence-electron chi connectivity index (χ2n) is 2.27. The van der Waals surface area contributed by atoms with Crippen molar-refractivity contribution in [1.82, 2.24) is 0 Å². The summed E-state index contributed by atoms with van der Waals surface area (Å²) in [6, 6.07) is 1.91. The van der Waals surface area contributed by atoms with E-state index in [1.807, 2.05) is 6.07 Å². The molecule has 1 fully saturated rings. The fourth-order valence-electron chi connectivity index (χ4n) is 0.973. The summed E-state index contributed by atoms with van der Waals surface area (Å²) in [5.74, 6) is 0. The monoisotopic (exact) mass is 141 g/mol. The van der Waals surface area contributed by atoms with Crippen LogP contribution in [0.25, 0.3) is 0 Å². The summed E-state index contributed by atoms with van der Waals surface area (Å²) in [4.78, 5) is 0. The van der Waals surface area contributed by atoms with Gasteiger partial charge in [-0.15, -0.1) is 0 Å². The molecule has 0 aromatic carbocycles. The summed E-state index contributed by atoms with van der Waals surface area (Å²) in [5, 5.41) is 8.17. The minimum atomic E-state index is -0.117. The zero-order valence-electron chi connectivity index (χ0n) is 5.88. The van der Waals surface area contributed by atoms with Crippen LogP contribution in [0.3, 0.4) is 0 Å². The number of hydrogen-bond donors (Lipinski definition) is 0. The summed E-state index contributed by atoms with van der Waals surface area (Å²) in [5.41, 5.74) is 0. The molecule has 1 atom stereocenters. The quantitative estimate of drug-likeness (QED) is 0.577. The van der Waals surface area contributed by atoms with Crippen LogP contribution >= 0.6 is 0 Å². The highest BCUT2D eigenvalue weighted by Crippen LogP contribution is 2.12. The molecule has 0 aliphatic carbocycles. The van der Waals surface area contributed by atoms with Crippen molar-refractivity contribution in [3.8, 4) is 6.07 Å². The van der Waals surface area contributed by atoms with Gasteiger partial charge in [0.25, 0.3) is 0 Å². The molecule has 1 aliphatic rings. The lowest BCUT2D eigenvalue weighted by molar-refractivity contribution is -0.154. The Labute approximate surface area is 60.5 Å². The predicted molar refractivity (Wildman–Crippen MR) is 35.2 cm³/mol. The average molecular weight is 141 g/mol. The van der Waals surface area contributed by atoms with Gasteiger partial charge in [-0.3, -0.25) is 0 Å². The van der Waals surface area contributed by atoms with Crippen molar-refractivity contribution in [2.75, 3.05) is 13.2 Å². The van der Waals surface area contributed by atoms with Crippen LogP contribution < -0.4 is 0 Å². The Morgan fingerprint density at radius 2 is 2.50 bits per heavy atom. The minimum absolute atomic E-state index is 0.117. The van der Waals surface area contributed by atoms with Crippen molar-refractivity contribution < 1.29 is 9.47 Å². The highest BCUT2D eigenvalue weighted by molar-refractivity contribution is 4.67. The fourth-order valence-corrected chi connectivity index (χ4v) is 0.973. The Hall–Kier alpha value is -0.590. The predicted octanol–water partition coefficient (Wildman–Crippen LogP) is 1.05. The molecular formula is C7H11NO2. The molecule has 0 radical (unpaired) electrons. The van der Waals surface area contributed by atoms with E-state index in [2.05, 4.69) is 0 Å². The molecule has 0 aromatic rings. The van der Waals surface area contributed by atoms with E-state index < -0.39 is 0 Å². The highest BCUT2D eigenvalue weighted by Gasteiger charge is 2.12. The van der Waals surface area contributed by atoms with Crippen LogP contribution in [-0.2, 0) is 9.47 Å². The molecular weight excluding hydrogens is 130 g/mol. The molecule has 1 heterocycles. The summed E-state index contributed by atoms with van der Waals surface area (Å²) in [6.07, 6.45) is 3.08. The normalized spacial score (nSPS) is 25.7. The number of nitrogens with zero attached hydrogens (tertiary/aromatic N) is 1. The Balaban J connectivity index is 2.09. The molecule has 10 heavy (non-hydrogen) atoms. The second-order valence-corrected chi connectivity index (χ2v) is 2.27. The number of nitriles is 1. The van der Waals surface area contributed by atoms with Crippen molar-refractivity contribution in [3.63, 3.8) is 0 Å². The maximum absolute atomic E-state index is 8.17. The van der Waals surface area contributed by atoms with Gasteiger partial charge >= 0.3 is 0 Å². The third-order valence-corrected chi connectivity index (χ3v) is 1.47. The van der Waals surface area contributed by atoms with Gasteiger partial charge in [-0.2, -0.15) is 5.26 Å². The lowest BCUT2D eigenvalue weighted by Crippen LogP contribution is -2.22. The molecule has 1 aliphatic heterocycles. The molecule has 1 rings (SSSR count). The van der Waals surface area contributed by atoms with Gasteiger partial charge in [0.2, 0.25) is 0 Å². The van der Waals surface area contributed by atoms with Gasteiger partial charge in [-0.05, 0) is 19.3 Å². The smallest absolute Gasteiger partial charge is 0.158 e. The zero-order chi connectivity index (χ0) is 7.23. The van der Waals surface area contributed by atoms with Crippen LogP contribution in [0.5, 0.6) is 0 Å². The molecule has 0 N–H and O–H groups in total. The molecule has 3 heteroatoms. The number of ether oxygens (including phenoxy) is 2. The van der Waals surface area contributed by atoms with Gasteiger partial charge in [0.15, 0.2) is 6.29 Å². The van der Waals surface area contributed by atoms with Crippen LogP contribution in [0.1, 0.15) is 19.3 Å². The third-order valence-electron chi connectivity index (χ3n) is 1.47. The van der Waals surface area contributed by atoms with Crippen LogP contribution in [0, 0.1) is 11.3 Å². The van der Waals surface area contributed by atoms with Gasteiger partial charge in [-0.1, -0.05) is 0 Å². The zero-order valence-corrected chi connectivity index (χ0v) is 5.88. The van der Waals surface area contributed by atoms with E-state index in [9.17, 15) is 0 Å². The summed E-state index contributed by atoms with van der Waals surface area (Å²) < 4.78 is 10.3. The maximum atomic E-state index is 8.17. The first-order valence-corrected chi connectivity index (χ1v) is 3.53. The van der Waals surface area contributed by atoms with Crippen molar-refractivity contribution in [1.29, 1.82) is 5.26 Å². The minimum Gasteiger partial charge on any atom is -0.353 e. The maximum Gasteiger partial charge on any atom is 0.158 e. The Morgan fingerprint density at radius 1 is 1.60 bits per heavy atom. The van der Waals surface area contributed by atoms with E-state index in [0.29, 0.717) is 0 Å². The molecule has 3 nitrogen and oxygen atoms in total. The average Bonchev–Trinajstić information content (AvgIpc) is 2.03. The van der Waals surface area contributed by atoms with E-state index in [0.717, 1.165) is 25.9 Å². The SMILES string of the molecule is N#CCO[C@@H]1CCCCO1. The van der Waals surface area contributed by atoms with E-state index >= 15 is 0 Å². The molecule has 0 unspecified atom stereocenters. The fraction of sp³-hybridized carbons (Fsp3) is 0.857. The van der Waals surface area contributed by atoms with E-state index in [1.54, 1.807) is 0 Å². The van der Waals surface area contributed by atoms with Crippen LogP contribution in [0.2, 0.25) is 0 Å². The molecule has 0 amide bonds. The molecule has 1 saturated heterocycles. The Bertz CT molecular complexity index is 124. The molecule has 0 bridgehead atoms. The molecule has 0 saturated carbocycles. The first kappa shape index (κ1) is 7.52. The third kappa shape index (κ3) is 2.34. The van der Waals surface area contributed by atoms with Crippen LogP contribution in [0.15, 0.2) is 0 Å². The Kier molecular flexibility index (Phi) is 3.20. The number of hydrogen-bond acceptors (Lipinski definition) is 3. The summed E-state index contributed by atoms with van der Waals surface area (Å²) in [6.45, 7) is 0.917. The van der Waals surface area contributed by atoms with E-state index in [4.69, 9.17) is 14.7 Å². The molecule has 0 spiro atoms. The van der Waals surface area contributed by atoms with Crippen LogP contribution in [-0.4, -0.2) is 19.5 Å². The topological polar surface area (TPSA) is 42.2 Å². The van der Waals surface area contributed by atoms with Crippen LogP contribution in [0.4, 0.5) is 0 Å². The lowest BCUT2D eigenvalue weighted by atomic mass is 10.2. The first-order valence-electron chi connectivity index (χ1n) is 3.53. The summed E-state index contributed by atoms with van der Waals surface area (Å²) in [7, 11) is 0.